The third-order valence-corrected chi connectivity index (χ3v) is 2.62. The van der Waals surface area contributed by atoms with E-state index in [9.17, 15) is 10.1 Å². The highest BCUT2D eigenvalue weighted by atomic mass is 16.6. The predicted molar refractivity (Wildman–Crippen MR) is 70.3 cm³/mol. The molecular weight excluding hydrogens is 246 g/mol. The molecule has 0 bridgehead atoms. The summed E-state index contributed by atoms with van der Waals surface area (Å²) in [5.41, 5.74) is 1.48. The summed E-state index contributed by atoms with van der Waals surface area (Å²) in [6.45, 7) is 1.73. The monoisotopic (exact) mass is 259 g/mol. The van der Waals surface area contributed by atoms with E-state index in [2.05, 4.69) is 0 Å². The number of aliphatic hydroxyl groups excluding tert-OH is 1. The molecule has 0 aliphatic heterocycles. The summed E-state index contributed by atoms with van der Waals surface area (Å²) in [4.78, 5) is 10.5. The Bertz CT molecular complexity index is 610. The van der Waals surface area contributed by atoms with Crippen LogP contribution in [0.5, 0.6) is 11.5 Å². The Labute approximate surface area is 110 Å². The molecule has 0 heterocycles. The lowest BCUT2D eigenvalue weighted by atomic mass is 10.2. The van der Waals surface area contributed by atoms with Crippen molar-refractivity contribution in [1.82, 2.24) is 0 Å². The van der Waals surface area contributed by atoms with Crippen molar-refractivity contribution in [2.24, 2.45) is 0 Å². The van der Waals surface area contributed by atoms with Gasteiger partial charge < -0.3 is 9.84 Å². The fourth-order valence-corrected chi connectivity index (χ4v) is 1.69. The van der Waals surface area contributed by atoms with Crippen LogP contribution >= 0.6 is 0 Å². The van der Waals surface area contributed by atoms with Gasteiger partial charge in [0.2, 0.25) is 5.75 Å². The van der Waals surface area contributed by atoms with E-state index in [1.54, 1.807) is 36.4 Å². The van der Waals surface area contributed by atoms with Crippen molar-refractivity contribution in [3.8, 4) is 11.5 Å². The Kier molecular flexibility index (Phi) is 3.77. The van der Waals surface area contributed by atoms with Crippen LogP contribution in [0.3, 0.4) is 0 Å². The zero-order chi connectivity index (χ0) is 13.8. The fourth-order valence-electron chi connectivity index (χ4n) is 1.69. The molecule has 0 unspecified atom stereocenters. The van der Waals surface area contributed by atoms with E-state index in [-0.39, 0.29) is 18.0 Å². The number of aliphatic hydroxyl groups is 1. The summed E-state index contributed by atoms with van der Waals surface area (Å²) in [5, 5.41) is 20.0. The molecule has 98 valence electrons. The molecule has 0 amide bonds. The Balaban J connectivity index is 2.36. The maximum absolute atomic E-state index is 10.9. The van der Waals surface area contributed by atoms with E-state index in [1.807, 2.05) is 6.92 Å². The first-order chi connectivity index (χ1) is 9.10. The van der Waals surface area contributed by atoms with Crippen LogP contribution < -0.4 is 4.74 Å². The minimum absolute atomic E-state index is 0.0833. The molecule has 0 saturated carbocycles. The van der Waals surface area contributed by atoms with Crippen molar-refractivity contribution in [3.05, 3.63) is 63.7 Å². The first kappa shape index (κ1) is 13.0. The van der Waals surface area contributed by atoms with Gasteiger partial charge in [-0.3, -0.25) is 10.1 Å². The molecule has 5 nitrogen and oxygen atoms in total. The van der Waals surface area contributed by atoms with E-state index >= 15 is 0 Å². The van der Waals surface area contributed by atoms with Crippen LogP contribution in [-0.2, 0) is 6.61 Å². The number of ether oxygens (including phenoxy) is 1. The first-order valence-corrected chi connectivity index (χ1v) is 5.73. The highest BCUT2D eigenvalue weighted by Gasteiger charge is 2.15. The number of hydrogen-bond donors (Lipinski definition) is 1. The van der Waals surface area contributed by atoms with E-state index in [1.165, 1.54) is 6.07 Å². The maximum Gasteiger partial charge on any atom is 0.311 e. The number of hydrogen-bond acceptors (Lipinski definition) is 4. The van der Waals surface area contributed by atoms with Crippen LogP contribution in [0.15, 0.2) is 42.5 Å². The quantitative estimate of drug-likeness (QED) is 0.676. The second kappa shape index (κ2) is 5.49. The van der Waals surface area contributed by atoms with Crippen molar-refractivity contribution < 1.29 is 14.8 Å². The zero-order valence-electron chi connectivity index (χ0n) is 10.4. The van der Waals surface area contributed by atoms with Crippen molar-refractivity contribution in [2.75, 3.05) is 0 Å². The minimum Gasteiger partial charge on any atom is -0.450 e. The summed E-state index contributed by atoms with van der Waals surface area (Å²) < 4.78 is 5.54. The predicted octanol–water partition coefficient (Wildman–Crippen LogP) is 3.19. The molecule has 0 radical (unpaired) electrons. The summed E-state index contributed by atoms with van der Waals surface area (Å²) in [5.74, 6) is 0.653. The largest absolute Gasteiger partial charge is 0.450 e. The summed E-state index contributed by atoms with van der Waals surface area (Å²) in [7, 11) is 0. The van der Waals surface area contributed by atoms with Crippen LogP contribution in [0, 0.1) is 17.0 Å². The lowest BCUT2D eigenvalue weighted by Crippen LogP contribution is -1.94. The summed E-state index contributed by atoms with van der Waals surface area (Å²) >= 11 is 0. The lowest BCUT2D eigenvalue weighted by Gasteiger charge is -2.08. The van der Waals surface area contributed by atoms with Gasteiger partial charge in [-0.1, -0.05) is 18.2 Å². The second-order valence-corrected chi connectivity index (χ2v) is 4.14. The average Bonchev–Trinajstić information content (AvgIpc) is 2.38. The molecule has 0 spiro atoms. The van der Waals surface area contributed by atoms with Crippen LogP contribution in [0.2, 0.25) is 0 Å². The number of nitrogens with zero attached hydrogens (tertiary/aromatic N) is 1. The van der Waals surface area contributed by atoms with Gasteiger partial charge in [0, 0.05) is 6.07 Å². The number of nitro groups is 1. The zero-order valence-corrected chi connectivity index (χ0v) is 10.4. The summed E-state index contributed by atoms with van der Waals surface area (Å²) in [6, 6.07) is 11.5. The minimum atomic E-state index is -0.481. The van der Waals surface area contributed by atoms with Crippen molar-refractivity contribution in [2.45, 2.75) is 13.5 Å². The van der Waals surface area contributed by atoms with Crippen LogP contribution in [0.1, 0.15) is 11.1 Å². The summed E-state index contributed by atoms with van der Waals surface area (Å²) in [6.07, 6.45) is 0. The third-order valence-electron chi connectivity index (χ3n) is 2.62. The van der Waals surface area contributed by atoms with E-state index in [4.69, 9.17) is 9.84 Å². The standard InChI is InChI=1S/C14H13NO4/c1-10-5-6-13(15(17)18)14(7-10)19-12-4-2-3-11(8-12)9-16/h2-8,16H,9H2,1H3. The Morgan fingerprint density at radius 3 is 2.74 bits per heavy atom. The van der Waals surface area contributed by atoms with Gasteiger partial charge in [-0.15, -0.1) is 0 Å². The number of aryl methyl sites for hydroxylation is 1. The SMILES string of the molecule is Cc1ccc([N+](=O)[O-])c(Oc2cccc(CO)c2)c1. The van der Waals surface area contributed by atoms with Gasteiger partial charge in [0.05, 0.1) is 11.5 Å². The molecule has 2 rings (SSSR count). The second-order valence-electron chi connectivity index (χ2n) is 4.14. The molecule has 19 heavy (non-hydrogen) atoms. The molecule has 0 fully saturated rings. The first-order valence-electron chi connectivity index (χ1n) is 5.73. The highest BCUT2D eigenvalue weighted by molar-refractivity contribution is 5.50. The number of rotatable bonds is 4. The van der Waals surface area contributed by atoms with Crippen LogP contribution in [0.4, 0.5) is 5.69 Å². The molecule has 0 aromatic heterocycles. The highest BCUT2D eigenvalue weighted by Crippen LogP contribution is 2.32. The molecular formula is C14H13NO4. The van der Waals surface area contributed by atoms with Gasteiger partial charge in [-0.05, 0) is 36.2 Å². The number of nitro benzene ring substituents is 1. The molecule has 0 aliphatic carbocycles. The van der Waals surface area contributed by atoms with Gasteiger partial charge in [0.15, 0.2) is 0 Å². The molecule has 0 aliphatic rings. The number of benzene rings is 2. The van der Waals surface area contributed by atoms with E-state index in [0.717, 1.165) is 5.56 Å². The Morgan fingerprint density at radius 1 is 1.26 bits per heavy atom. The normalized spacial score (nSPS) is 10.2. The van der Waals surface area contributed by atoms with Gasteiger partial charge in [-0.25, -0.2) is 0 Å². The molecule has 2 aromatic carbocycles. The molecule has 2 aromatic rings. The van der Waals surface area contributed by atoms with Crippen LogP contribution in [0.25, 0.3) is 0 Å². The van der Waals surface area contributed by atoms with E-state index < -0.39 is 4.92 Å². The Hall–Kier alpha value is -2.40. The van der Waals surface area contributed by atoms with E-state index in [0.29, 0.717) is 11.3 Å². The fraction of sp³-hybridized carbons (Fsp3) is 0.143. The van der Waals surface area contributed by atoms with Gasteiger partial charge in [-0.2, -0.15) is 0 Å². The topological polar surface area (TPSA) is 72.6 Å². The maximum atomic E-state index is 10.9. The van der Waals surface area contributed by atoms with Gasteiger partial charge >= 0.3 is 5.69 Å². The molecule has 0 atom stereocenters. The molecule has 0 saturated heterocycles. The average molecular weight is 259 g/mol. The lowest BCUT2D eigenvalue weighted by molar-refractivity contribution is -0.385. The van der Waals surface area contributed by atoms with Gasteiger partial charge in [0.25, 0.3) is 0 Å². The molecule has 1 N–H and O–H groups in total. The van der Waals surface area contributed by atoms with Crippen LogP contribution in [-0.4, -0.2) is 10.0 Å². The molecule has 5 heteroatoms. The van der Waals surface area contributed by atoms with Gasteiger partial charge in [0.1, 0.15) is 5.75 Å². The third kappa shape index (κ3) is 3.08. The smallest absolute Gasteiger partial charge is 0.311 e. The van der Waals surface area contributed by atoms with Crippen molar-refractivity contribution in [3.63, 3.8) is 0 Å². The van der Waals surface area contributed by atoms with Crippen molar-refractivity contribution in [1.29, 1.82) is 0 Å². The van der Waals surface area contributed by atoms with Crippen molar-refractivity contribution >= 4 is 5.69 Å². The Morgan fingerprint density at radius 2 is 2.05 bits per heavy atom.